The summed E-state index contributed by atoms with van der Waals surface area (Å²) in [6.07, 6.45) is 13.3. The van der Waals surface area contributed by atoms with E-state index >= 15 is 0 Å². The van der Waals surface area contributed by atoms with E-state index in [1.54, 1.807) is 0 Å². The topological polar surface area (TPSA) is 26.3 Å². The first-order valence-corrected chi connectivity index (χ1v) is 9.63. The lowest BCUT2D eigenvalue weighted by Gasteiger charge is -2.09. The number of carbonyl (C=O) groups is 1. The van der Waals surface area contributed by atoms with Gasteiger partial charge in [0.15, 0.2) is 0 Å². The molecule has 0 saturated heterocycles. The SMILES string of the molecule is C=CC(=O)OCCCCCCCCCCCCCC(F)(F)[SiH3]. The van der Waals surface area contributed by atoms with Gasteiger partial charge in [-0.3, -0.25) is 0 Å². The normalized spacial score (nSPS) is 11.5. The van der Waals surface area contributed by atoms with Crippen LogP contribution >= 0.6 is 0 Å². The Hall–Kier alpha value is -0.713. The van der Waals surface area contributed by atoms with Crippen LogP contribution in [0.2, 0.25) is 0 Å². The lowest BCUT2D eigenvalue weighted by molar-refractivity contribution is -0.137. The van der Waals surface area contributed by atoms with E-state index in [0.29, 0.717) is 13.0 Å². The number of unbranched alkanes of at least 4 members (excludes halogenated alkanes) is 10. The van der Waals surface area contributed by atoms with Gasteiger partial charge in [0.1, 0.15) is 0 Å². The number of hydrogen-bond donors (Lipinski definition) is 0. The van der Waals surface area contributed by atoms with Gasteiger partial charge in [-0.15, -0.1) is 0 Å². The summed E-state index contributed by atoms with van der Waals surface area (Å²) >= 11 is 0. The number of esters is 1. The zero-order chi connectivity index (χ0) is 16.7. The third kappa shape index (κ3) is 17.3. The van der Waals surface area contributed by atoms with Gasteiger partial charge in [0.05, 0.1) is 16.8 Å². The van der Waals surface area contributed by atoms with Crippen molar-refractivity contribution in [1.82, 2.24) is 0 Å². The van der Waals surface area contributed by atoms with Crippen LogP contribution in [0.1, 0.15) is 77.0 Å². The molecule has 0 aromatic heterocycles. The fourth-order valence-electron chi connectivity index (χ4n) is 2.36. The van der Waals surface area contributed by atoms with Crippen molar-refractivity contribution in [3.05, 3.63) is 12.7 Å². The average Bonchev–Trinajstić information content (AvgIpc) is 2.46. The number of halogens is 2. The fourth-order valence-corrected chi connectivity index (χ4v) is 2.71. The van der Waals surface area contributed by atoms with Crippen molar-refractivity contribution in [3.8, 4) is 0 Å². The van der Waals surface area contributed by atoms with Gasteiger partial charge in [-0.25, -0.2) is 13.6 Å². The minimum Gasteiger partial charge on any atom is -0.463 e. The van der Waals surface area contributed by atoms with E-state index < -0.39 is 5.55 Å². The Morgan fingerprint density at radius 2 is 1.32 bits per heavy atom. The Morgan fingerprint density at radius 1 is 0.909 bits per heavy atom. The molecule has 0 aliphatic heterocycles. The highest BCUT2D eigenvalue weighted by molar-refractivity contribution is 6.13. The molecule has 0 N–H and O–H groups in total. The van der Waals surface area contributed by atoms with Gasteiger partial charge in [0.25, 0.3) is 0 Å². The van der Waals surface area contributed by atoms with Crippen molar-refractivity contribution < 1.29 is 18.3 Å². The molecule has 0 aromatic rings. The molecule has 0 rings (SSSR count). The molecule has 5 heteroatoms. The molecule has 0 saturated carbocycles. The number of hydrogen-bond acceptors (Lipinski definition) is 2. The van der Waals surface area contributed by atoms with Crippen LogP contribution in [-0.2, 0) is 9.53 Å². The van der Waals surface area contributed by atoms with Crippen molar-refractivity contribution in [2.75, 3.05) is 6.61 Å². The maximum Gasteiger partial charge on any atom is 0.330 e. The number of ether oxygens (including phenoxy) is 1. The van der Waals surface area contributed by atoms with E-state index in [1.807, 2.05) is 0 Å². The third-order valence-electron chi connectivity index (χ3n) is 3.67. The van der Waals surface area contributed by atoms with E-state index in [-0.39, 0.29) is 22.6 Å². The van der Waals surface area contributed by atoms with Crippen LogP contribution in [0.15, 0.2) is 12.7 Å². The van der Waals surface area contributed by atoms with Crippen LogP contribution in [0.4, 0.5) is 8.78 Å². The van der Waals surface area contributed by atoms with Crippen molar-refractivity contribution in [1.29, 1.82) is 0 Å². The van der Waals surface area contributed by atoms with E-state index in [4.69, 9.17) is 4.74 Å². The quantitative estimate of drug-likeness (QED) is 0.193. The van der Waals surface area contributed by atoms with Gasteiger partial charge in [0.2, 0.25) is 5.55 Å². The second kappa shape index (κ2) is 13.9. The highest BCUT2D eigenvalue weighted by Crippen LogP contribution is 2.18. The summed E-state index contributed by atoms with van der Waals surface area (Å²) in [5.74, 6) is -0.343. The smallest absolute Gasteiger partial charge is 0.330 e. The predicted molar refractivity (Wildman–Crippen MR) is 91.4 cm³/mol. The molecule has 0 aliphatic carbocycles. The molecule has 0 bridgehead atoms. The first kappa shape index (κ1) is 21.3. The zero-order valence-corrected chi connectivity index (χ0v) is 16.0. The van der Waals surface area contributed by atoms with E-state index in [0.717, 1.165) is 25.7 Å². The van der Waals surface area contributed by atoms with E-state index in [1.165, 1.54) is 44.6 Å². The molecule has 0 aromatic carbocycles. The average molecular weight is 335 g/mol. The molecule has 0 aliphatic rings. The second-order valence-electron chi connectivity index (χ2n) is 6.08. The first-order chi connectivity index (χ1) is 10.5. The maximum absolute atomic E-state index is 12.6. The molecule has 0 spiro atoms. The van der Waals surface area contributed by atoms with Crippen LogP contribution in [0.25, 0.3) is 0 Å². The van der Waals surface area contributed by atoms with Crippen molar-refractivity contribution in [3.63, 3.8) is 0 Å². The largest absolute Gasteiger partial charge is 0.463 e. The number of alkyl halides is 2. The molecule has 0 unspecified atom stereocenters. The fraction of sp³-hybridized carbons (Fsp3) is 0.824. The monoisotopic (exact) mass is 334 g/mol. The third-order valence-corrected chi connectivity index (χ3v) is 4.17. The lowest BCUT2D eigenvalue weighted by Crippen LogP contribution is -2.14. The van der Waals surface area contributed by atoms with Crippen molar-refractivity contribution in [2.45, 2.75) is 82.6 Å². The zero-order valence-electron chi connectivity index (χ0n) is 14.0. The summed E-state index contributed by atoms with van der Waals surface area (Å²) in [5.41, 5.74) is -2.36. The van der Waals surface area contributed by atoms with Crippen LogP contribution in [0, 0.1) is 0 Å². The Labute approximate surface area is 137 Å². The minimum absolute atomic E-state index is 0.0141. The first-order valence-electron chi connectivity index (χ1n) is 8.63. The van der Waals surface area contributed by atoms with Gasteiger partial charge in [-0.05, 0) is 12.8 Å². The molecule has 0 heterocycles. The summed E-state index contributed by atoms with van der Waals surface area (Å²) in [5, 5.41) is 0. The van der Waals surface area contributed by atoms with Gasteiger partial charge in [0, 0.05) is 12.5 Å². The Balaban J connectivity index is 3.09. The van der Waals surface area contributed by atoms with Gasteiger partial charge >= 0.3 is 5.97 Å². The van der Waals surface area contributed by atoms with E-state index in [9.17, 15) is 13.6 Å². The van der Waals surface area contributed by atoms with Crippen LogP contribution in [0.5, 0.6) is 0 Å². The highest BCUT2D eigenvalue weighted by Gasteiger charge is 2.18. The number of carbonyl (C=O) groups excluding carboxylic acids is 1. The molecule has 22 heavy (non-hydrogen) atoms. The summed E-state index contributed by atoms with van der Waals surface area (Å²) in [4.78, 5) is 10.8. The van der Waals surface area contributed by atoms with Crippen molar-refractivity contribution in [2.24, 2.45) is 0 Å². The Morgan fingerprint density at radius 3 is 1.73 bits per heavy atom. The second-order valence-corrected chi connectivity index (χ2v) is 7.54. The van der Waals surface area contributed by atoms with Gasteiger partial charge in [-0.1, -0.05) is 64.4 Å². The lowest BCUT2D eigenvalue weighted by atomic mass is 10.1. The minimum atomic E-state index is -2.36. The van der Waals surface area contributed by atoms with Crippen LogP contribution < -0.4 is 0 Å². The maximum atomic E-state index is 12.6. The highest BCUT2D eigenvalue weighted by atomic mass is 28.1. The summed E-state index contributed by atoms with van der Waals surface area (Å²) in [7, 11) is -0.0141. The van der Waals surface area contributed by atoms with E-state index in [2.05, 4.69) is 6.58 Å². The molecule has 0 amide bonds. The molecule has 0 fully saturated rings. The Bertz CT molecular complexity index is 291. The van der Waals surface area contributed by atoms with Crippen LogP contribution in [0.3, 0.4) is 0 Å². The Kier molecular flexibility index (Phi) is 13.5. The van der Waals surface area contributed by atoms with Gasteiger partial charge < -0.3 is 4.74 Å². The number of rotatable bonds is 15. The predicted octanol–water partition coefficient (Wildman–Crippen LogP) is 4.36. The van der Waals surface area contributed by atoms with Gasteiger partial charge in [-0.2, -0.15) is 0 Å². The summed E-state index contributed by atoms with van der Waals surface area (Å²) in [6.45, 7) is 3.84. The molecular formula is C17H32F2O2Si. The van der Waals surface area contributed by atoms with Crippen LogP contribution in [-0.4, -0.2) is 28.4 Å². The summed E-state index contributed by atoms with van der Waals surface area (Å²) in [6, 6.07) is 0. The molecular weight excluding hydrogens is 302 g/mol. The molecule has 2 nitrogen and oxygen atoms in total. The van der Waals surface area contributed by atoms with Crippen molar-refractivity contribution >= 4 is 16.2 Å². The molecule has 130 valence electrons. The molecule has 0 radical (unpaired) electrons. The standard InChI is InChI=1S/C17H32F2O2Si/c1-2-16(20)21-15-13-11-9-7-5-3-4-6-8-10-12-14-17(18,19)22/h2H,1,3-15H2,22H3. The molecule has 0 atom stereocenters. The summed E-state index contributed by atoms with van der Waals surface area (Å²) < 4.78 is 30.2.